The van der Waals surface area contributed by atoms with Crippen LogP contribution >= 0.6 is 15.6 Å². The van der Waals surface area contributed by atoms with Crippen molar-refractivity contribution in [2.45, 2.75) is 432 Å². The predicted octanol–water partition coefficient (Wildman–Crippen LogP) is 23.5. The molecule has 2 unspecified atom stereocenters. The van der Waals surface area contributed by atoms with Crippen molar-refractivity contribution in [1.82, 2.24) is 0 Å². The molecule has 0 aliphatic rings. The number of unbranched alkanes of at least 4 members (excludes halogenated alkanes) is 48. The maximum Gasteiger partial charge on any atom is 0.472 e. The van der Waals surface area contributed by atoms with Gasteiger partial charge in [-0.3, -0.25) is 37.3 Å². The predicted molar refractivity (Wildman–Crippen MR) is 400 cm³/mol. The summed E-state index contributed by atoms with van der Waals surface area (Å²) in [4.78, 5) is 73.0. The van der Waals surface area contributed by atoms with Gasteiger partial charge >= 0.3 is 39.5 Å². The van der Waals surface area contributed by atoms with E-state index in [9.17, 15) is 43.2 Å². The Hall–Kier alpha value is -1.94. The highest BCUT2D eigenvalue weighted by Gasteiger charge is 2.30. The van der Waals surface area contributed by atoms with E-state index in [1.165, 1.54) is 231 Å². The summed E-state index contributed by atoms with van der Waals surface area (Å²) >= 11 is 0. The third kappa shape index (κ3) is 72.4. The molecule has 0 saturated carbocycles. The Morgan fingerprint density at radius 1 is 0.276 bits per heavy atom. The molecule has 0 aromatic heterocycles. The Balaban J connectivity index is 5.26. The Kier molecular flexibility index (Phi) is 69.3. The average molecular weight is 1440 g/mol. The third-order valence-electron chi connectivity index (χ3n) is 18.5. The first kappa shape index (κ1) is 96.1. The van der Waals surface area contributed by atoms with Crippen LogP contribution in [0.25, 0.3) is 0 Å². The van der Waals surface area contributed by atoms with Crippen LogP contribution in [0, 0.1) is 11.8 Å². The number of carbonyl (C=O) groups excluding carboxylic acids is 4. The monoisotopic (exact) mass is 1440 g/mol. The topological polar surface area (TPSA) is 237 Å². The van der Waals surface area contributed by atoms with Gasteiger partial charge in [0.1, 0.15) is 19.3 Å². The zero-order valence-electron chi connectivity index (χ0n) is 64.1. The number of carbonyl (C=O) groups is 4. The lowest BCUT2D eigenvalue weighted by atomic mass is 10.0. The first-order valence-corrected chi connectivity index (χ1v) is 44.0. The maximum atomic E-state index is 13.1. The van der Waals surface area contributed by atoms with E-state index in [1.807, 2.05) is 0 Å². The Morgan fingerprint density at radius 2 is 0.469 bits per heavy atom. The summed E-state index contributed by atoms with van der Waals surface area (Å²) in [5.41, 5.74) is 0. The van der Waals surface area contributed by atoms with Crippen molar-refractivity contribution >= 4 is 39.5 Å². The van der Waals surface area contributed by atoms with Gasteiger partial charge in [-0.1, -0.05) is 363 Å². The SMILES string of the molecule is CCCCCCCCCCCCCCCCCC(=O)OC[C@H](COP(=O)(O)OC[C@@H](O)COP(=O)(O)OC[C@@H](COC(=O)CCCCCCCCCCCC(C)C)OC(=O)CCCCCCCCCCCCCCCC)OC(=O)CCCCCCCCCCCCCCCCC(C)C. The fourth-order valence-corrected chi connectivity index (χ4v) is 13.8. The molecule has 5 atom stereocenters. The van der Waals surface area contributed by atoms with Crippen LogP contribution in [0.2, 0.25) is 0 Å². The molecule has 0 spiro atoms. The molecule has 0 amide bonds. The third-order valence-corrected chi connectivity index (χ3v) is 20.4. The summed E-state index contributed by atoms with van der Waals surface area (Å²) in [5.74, 6) is -0.569. The number of esters is 4. The fourth-order valence-electron chi connectivity index (χ4n) is 12.2. The minimum absolute atomic E-state index is 0.108. The largest absolute Gasteiger partial charge is 0.472 e. The molecule has 0 aromatic carbocycles. The van der Waals surface area contributed by atoms with Crippen molar-refractivity contribution < 1.29 is 80.2 Å². The summed E-state index contributed by atoms with van der Waals surface area (Å²) in [6.45, 7) is 9.63. The molecule has 0 radical (unpaired) electrons. The van der Waals surface area contributed by atoms with Crippen molar-refractivity contribution in [1.29, 1.82) is 0 Å². The summed E-state index contributed by atoms with van der Waals surface area (Å²) in [6, 6.07) is 0. The number of ether oxygens (including phenoxy) is 4. The van der Waals surface area contributed by atoms with E-state index in [0.29, 0.717) is 25.7 Å². The molecule has 0 bridgehead atoms. The van der Waals surface area contributed by atoms with Gasteiger partial charge in [-0.2, -0.15) is 0 Å². The van der Waals surface area contributed by atoms with Gasteiger partial charge in [-0.15, -0.1) is 0 Å². The van der Waals surface area contributed by atoms with E-state index in [0.717, 1.165) is 102 Å². The molecule has 0 heterocycles. The Morgan fingerprint density at radius 3 is 0.694 bits per heavy atom. The molecule has 19 heteroatoms. The van der Waals surface area contributed by atoms with Crippen molar-refractivity contribution in [2.75, 3.05) is 39.6 Å². The van der Waals surface area contributed by atoms with Crippen molar-refractivity contribution in [3.63, 3.8) is 0 Å². The van der Waals surface area contributed by atoms with Gasteiger partial charge in [0.05, 0.1) is 26.4 Å². The van der Waals surface area contributed by atoms with Crippen molar-refractivity contribution in [2.24, 2.45) is 11.8 Å². The van der Waals surface area contributed by atoms with E-state index in [2.05, 4.69) is 41.5 Å². The molecule has 0 saturated heterocycles. The van der Waals surface area contributed by atoms with Crippen LogP contribution in [0.5, 0.6) is 0 Å². The first-order valence-electron chi connectivity index (χ1n) is 41.0. The summed E-state index contributed by atoms with van der Waals surface area (Å²) < 4.78 is 68.7. The molecular formula is C79H154O17P2. The molecule has 582 valence electrons. The molecule has 17 nitrogen and oxygen atoms in total. The van der Waals surface area contributed by atoms with Gasteiger partial charge in [0.15, 0.2) is 12.2 Å². The molecule has 0 fully saturated rings. The number of aliphatic hydroxyl groups is 1. The smallest absolute Gasteiger partial charge is 0.462 e. The number of hydrogen-bond donors (Lipinski definition) is 3. The van der Waals surface area contributed by atoms with Crippen LogP contribution in [0.3, 0.4) is 0 Å². The van der Waals surface area contributed by atoms with Gasteiger partial charge in [-0.25, -0.2) is 9.13 Å². The minimum atomic E-state index is -4.96. The van der Waals surface area contributed by atoms with Gasteiger partial charge in [0.2, 0.25) is 0 Å². The van der Waals surface area contributed by atoms with Gasteiger partial charge in [0.25, 0.3) is 0 Å². The summed E-state index contributed by atoms with van der Waals surface area (Å²) in [7, 11) is -9.92. The normalized spacial score (nSPS) is 13.9. The lowest BCUT2D eigenvalue weighted by Crippen LogP contribution is -2.30. The lowest BCUT2D eigenvalue weighted by Gasteiger charge is -2.21. The van der Waals surface area contributed by atoms with Crippen molar-refractivity contribution in [3.05, 3.63) is 0 Å². The quantitative estimate of drug-likeness (QED) is 0.0222. The second kappa shape index (κ2) is 70.7. The van der Waals surface area contributed by atoms with E-state index in [1.54, 1.807) is 0 Å². The summed E-state index contributed by atoms with van der Waals surface area (Å²) in [5, 5.41) is 10.6. The van der Waals surface area contributed by atoms with Crippen LogP contribution in [0.1, 0.15) is 414 Å². The number of aliphatic hydroxyl groups excluding tert-OH is 1. The van der Waals surface area contributed by atoms with E-state index in [-0.39, 0.29) is 25.7 Å². The van der Waals surface area contributed by atoms with E-state index in [4.69, 9.17) is 37.0 Å². The zero-order valence-corrected chi connectivity index (χ0v) is 65.9. The van der Waals surface area contributed by atoms with Gasteiger partial charge in [0, 0.05) is 25.7 Å². The fraction of sp³-hybridized carbons (Fsp3) is 0.949. The highest BCUT2D eigenvalue weighted by atomic mass is 31.2. The number of phosphoric ester groups is 2. The molecular weight excluding hydrogens is 1280 g/mol. The molecule has 98 heavy (non-hydrogen) atoms. The van der Waals surface area contributed by atoms with E-state index < -0.39 is 97.5 Å². The Bertz CT molecular complexity index is 1890. The van der Waals surface area contributed by atoms with Crippen molar-refractivity contribution in [3.8, 4) is 0 Å². The Labute approximate surface area is 600 Å². The molecule has 0 rings (SSSR count). The number of hydrogen-bond acceptors (Lipinski definition) is 15. The zero-order chi connectivity index (χ0) is 72.1. The lowest BCUT2D eigenvalue weighted by molar-refractivity contribution is -0.161. The highest BCUT2D eigenvalue weighted by molar-refractivity contribution is 7.47. The average Bonchev–Trinajstić information content (AvgIpc) is 1.32. The molecule has 0 aliphatic carbocycles. The summed E-state index contributed by atoms with van der Waals surface area (Å²) in [6.07, 6.45) is 59.5. The standard InChI is InChI=1S/C79H154O17P2/c1-7-9-11-13-15-17-19-21-23-28-31-37-43-49-55-61-76(81)89-67-74(95-79(84)64-58-52-46-39-33-29-25-24-26-30-35-41-47-53-59-71(3)4)69-93-97(85,86)91-65-73(80)66-92-98(87,88)94-70-75(68-90-77(82)62-56-50-44-40-34-36-42-48-54-60-72(5)6)96-78(83)63-57-51-45-38-32-27-22-20-18-16-14-12-10-8-2/h71-75,80H,7-70H2,1-6H3,(H,85,86)(H,87,88)/t73-,74-,75-/m1/s1. The number of rotatable bonds is 78. The molecule has 3 N–H and O–H groups in total. The van der Waals surface area contributed by atoms with Gasteiger partial charge in [-0.05, 0) is 37.5 Å². The van der Waals surface area contributed by atoms with E-state index >= 15 is 0 Å². The van der Waals surface area contributed by atoms with Crippen LogP contribution in [-0.4, -0.2) is 96.7 Å². The highest BCUT2D eigenvalue weighted by Crippen LogP contribution is 2.45. The van der Waals surface area contributed by atoms with Crippen LogP contribution in [-0.2, 0) is 65.4 Å². The van der Waals surface area contributed by atoms with Crippen LogP contribution in [0.4, 0.5) is 0 Å². The molecule has 0 aliphatic heterocycles. The maximum absolute atomic E-state index is 13.1. The second-order valence-corrected chi connectivity index (χ2v) is 32.3. The second-order valence-electron chi connectivity index (χ2n) is 29.4. The first-order chi connectivity index (χ1) is 47.4. The molecule has 0 aromatic rings. The van der Waals surface area contributed by atoms with Crippen LogP contribution < -0.4 is 0 Å². The van der Waals surface area contributed by atoms with Crippen LogP contribution in [0.15, 0.2) is 0 Å². The van der Waals surface area contributed by atoms with Gasteiger partial charge < -0.3 is 33.8 Å². The number of phosphoric acid groups is 2. The minimum Gasteiger partial charge on any atom is -0.462 e.